The second kappa shape index (κ2) is 6.67. The molecule has 1 aromatic carbocycles. The lowest BCUT2D eigenvalue weighted by molar-refractivity contribution is -0.141. The van der Waals surface area contributed by atoms with Crippen molar-refractivity contribution in [1.29, 1.82) is 0 Å². The first kappa shape index (κ1) is 14.7. The van der Waals surface area contributed by atoms with Crippen LogP contribution in [0.2, 0.25) is 5.02 Å². The molecule has 6 nitrogen and oxygen atoms in total. The molecule has 0 saturated heterocycles. The van der Waals surface area contributed by atoms with Crippen molar-refractivity contribution in [2.75, 3.05) is 7.11 Å². The summed E-state index contributed by atoms with van der Waals surface area (Å²) in [7, 11) is 1.28. The lowest BCUT2D eigenvalue weighted by Crippen LogP contribution is -2.13. The number of hydrogen-bond acceptors (Lipinski definition) is 6. The average Bonchev–Trinajstić information content (AvgIpc) is 2.85. The number of ether oxygens (including phenoxy) is 1. The monoisotopic (exact) mass is 316 g/mol. The Kier molecular flexibility index (Phi) is 4.91. The van der Waals surface area contributed by atoms with Gasteiger partial charge in [0.2, 0.25) is 5.16 Å². The predicted molar refractivity (Wildman–Crippen MR) is 70.8 cm³/mol. The number of rotatable bonds is 5. The van der Waals surface area contributed by atoms with Crippen molar-refractivity contribution in [3.8, 4) is 0 Å². The van der Waals surface area contributed by atoms with E-state index in [-0.39, 0.29) is 6.54 Å². The van der Waals surface area contributed by atoms with E-state index in [9.17, 15) is 9.18 Å². The minimum Gasteiger partial charge on any atom is -0.468 e. The van der Waals surface area contributed by atoms with Crippen LogP contribution in [0.5, 0.6) is 0 Å². The summed E-state index contributed by atoms with van der Waals surface area (Å²) < 4.78 is 19.4. The van der Waals surface area contributed by atoms with E-state index in [1.165, 1.54) is 29.6 Å². The zero-order valence-electron chi connectivity index (χ0n) is 10.4. The van der Waals surface area contributed by atoms with Crippen LogP contribution in [0.3, 0.4) is 0 Å². The largest absolute Gasteiger partial charge is 0.468 e. The second-order valence-corrected chi connectivity index (χ2v) is 5.10. The number of thioether (sulfide) groups is 1. The van der Waals surface area contributed by atoms with Gasteiger partial charge in [-0.15, -0.1) is 5.10 Å². The first-order valence-corrected chi connectivity index (χ1v) is 6.86. The van der Waals surface area contributed by atoms with Gasteiger partial charge in [-0.2, -0.15) is 0 Å². The van der Waals surface area contributed by atoms with Gasteiger partial charge in [0.25, 0.3) is 0 Å². The molecule has 0 atom stereocenters. The number of benzene rings is 1. The van der Waals surface area contributed by atoms with Crippen LogP contribution in [-0.2, 0) is 21.8 Å². The maximum Gasteiger partial charge on any atom is 0.327 e. The number of tetrazole rings is 1. The van der Waals surface area contributed by atoms with Gasteiger partial charge in [0, 0.05) is 10.8 Å². The Labute approximate surface area is 123 Å². The summed E-state index contributed by atoms with van der Waals surface area (Å²) in [6, 6.07) is 4.45. The minimum atomic E-state index is -0.461. The second-order valence-electron chi connectivity index (χ2n) is 3.72. The molecule has 0 bridgehead atoms. The van der Waals surface area contributed by atoms with Crippen LogP contribution in [0, 0.1) is 5.82 Å². The van der Waals surface area contributed by atoms with Crippen LogP contribution in [0.25, 0.3) is 0 Å². The van der Waals surface area contributed by atoms with Crippen LogP contribution in [0.1, 0.15) is 5.56 Å². The van der Waals surface area contributed by atoms with Gasteiger partial charge in [0.05, 0.1) is 7.11 Å². The Morgan fingerprint density at radius 2 is 2.35 bits per heavy atom. The van der Waals surface area contributed by atoms with Gasteiger partial charge in [-0.3, -0.25) is 4.79 Å². The van der Waals surface area contributed by atoms with E-state index < -0.39 is 11.8 Å². The Morgan fingerprint density at radius 3 is 3.05 bits per heavy atom. The third-order valence-electron chi connectivity index (χ3n) is 2.38. The SMILES string of the molecule is COC(=O)Cn1nnnc1SCc1ccc(Cl)cc1F. The molecule has 0 aliphatic rings. The standard InChI is InChI=1S/C11H10ClFN4O2S/c1-19-10(18)5-17-11(14-15-16-17)20-6-7-2-3-8(12)4-9(7)13/h2-4H,5-6H2,1H3. The van der Waals surface area contributed by atoms with Crippen molar-refractivity contribution < 1.29 is 13.9 Å². The molecule has 0 aliphatic carbocycles. The fraction of sp³-hybridized carbons (Fsp3) is 0.273. The van der Waals surface area contributed by atoms with E-state index in [4.69, 9.17) is 11.6 Å². The molecule has 0 saturated carbocycles. The highest BCUT2D eigenvalue weighted by Gasteiger charge is 2.12. The Bertz CT molecular complexity index is 622. The van der Waals surface area contributed by atoms with E-state index >= 15 is 0 Å². The number of aromatic nitrogens is 4. The summed E-state index contributed by atoms with van der Waals surface area (Å²) in [5, 5.41) is 11.7. The smallest absolute Gasteiger partial charge is 0.327 e. The molecule has 0 spiro atoms. The maximum atomic E-state index is 13.6. The molecular weight excluding hydrogens is 307 g/mol. The van der Waals surface area contributed by atoms with Crippen LogP contribution in [0.15, 0.2) is 23.4 Å². The molecule has 20 heavy (non-hydrogen) atoms. The molecule has 1 heterocycles. The third-order valence-corrected chi connectivity index (χ3v) is 3.62. The maximum absolute atomic E-state index is 13.6. The summed E-state index contributed by atoms with van der Waals surface area (Å²) in [6.45, 7) is -0.0884. The molecule has 2 aromatic rings. The number of hydrogen-bond donors (Lipinski definition) is 0. The van der Waals surface area contributed by atoms with Gasteiger partial charge in [-0.1, -0.05) is 29.4 Å². The van der Waals surface area contributed by atoms with Crippen molar-refractivity contribution in [3.63, 3.8) is 0 Å². The highest BCUT2D eigenvalue weighted by Crippen LogP contribution is 2.23. The number of methoxy groups -OCH3 is 1. The van der Waals surface area contributed by atoms with Gasteiger partial charge in [-0.05, 0) is 28.1 Å². The molecule has 0 aliphatic heterocycles. The third kappa shape index (κ3) is 3.67. The predicted octanol–water partition coefficient (Wildman–Crippen LogP) is 1.93. The quantitative estimate of drug-likeness (QED) is 0.620. The number of carbonyl (C=O) groups excluding carboxylic acids is 1. The molecule has 0 fully saturated rings. The van der Waals surface area contributed by atoms with E-state index in [0.29, 0.717) is 21.5 Å². The number of carbonyl (C=O) groups is 1. The molecule has 0 unspecified atom stereocenters. The van der Waals surface area contributed by atoms with Crippen LogP contribution in [-0.4, -0.2) is 33.3 Å². The van der Waals surface area contributed by atoms with Crippen molar-refractivity contribution in [2.45, 2.75) is 17.5 Å². The Hall–Kier alpha value is -1.67. The van der Waals surface area contributed by atoms with Crippen LogP contribution >= 0.6 is 23.4 Å². The van der Waals surface area contributed by atoms with E-state index in [0.717, 1.165) is 0 Å². The molecule has 0 N–H and O–H groups in total. The normalized spacial score (nSPS) is 10.6. The molecule has 106 valence electrons. The molecule has 0 amide bonds. The first-order chi connectivity index (χ1) is 9.60. The van der Waals surface area contributed by atoms with Gasteiger partial charge in [0.1, 0.15) is 12.4 Å². The van der Waals surface area contributed by atoms with E-state index in [1.54, 1.807) is 12.1 Å². The fourth-order valence-electron chi connectivity index (χ4n) is 1.37. The first-order valence-electron chi connectivity index (χ1n) is 5.50. The summed E-state index contributed by atoms with van der Waals surface area (Å²) in [5.41, 5.74) is 0.479. The lowest BCUT2D eigenvalue weighted by atomic mass is 10.2. The molecule has 0 radical (unpaired) electrons. The van der Waals surface area contributed by atoms with Crippen molar-refractivity contribution >= 4 is 29.3 Å². The van der Waals surface area contributed by atoms with Crippen molar-refractivity contribution in [2.24, 2.45) is 0 Å². The highest BCUT2D eigenvalue weighted by molar-refractivity contribution is 7.98. The van der Waals surface area contributed by atoms with E-state index in [2.05, 4.69) is 20.3 Å². The number of esters is 1. The van der Waals surface area contributed by atoms with Crippen molar-refractivity contribution in [1.82, 2.24) is 20.2 Å². The summed E-state index contributed by atoms with van der Waals surface area (Å²) in [4.78, 5) is 11.2. The van der Waals surface area contributed by atoms with Crippen molar-refractivity contribution in [3.05, 3.63) is 34.6 Å². The highest BCUT2D eigenvalue weighted by atomic mass is 35.5. The number of halogens is 2. The van der Waals surface area contributed by atoms with E-state index in [1.807, 2.05) is 0 Å². The fourth-order valence-corrected chi connectivity index (χ4v) is 2.39. The number of nitrogens with zero attached hydrogens (tertiary/aromatic N) is 4. The van der Waals surface area contributed by atoms with Crippen LogP contribution in [0.4, 0.5) is 4.39 Å². The van der Waals surface area contributed by atoms with Gasteiger partial charge in [-0.25, -0.2) is 9.07 Å². The molecule has 2 rings (SSSR count). The lowest BCUT2D eigenvalue weighted by Gasteiger charge is -2.04. The summed E-state index contributed by atoms with van der Waals surface area (Å²) in [6.07, 6.45) is 0. The topological polar surface area (TPSA) is 69.9 Å². The summed E-state index contributed by atoms with van der Waals surface area (Å²) >= 11 is 6.90. The van der Waals surface area contributed by atoms with Gasteiger partial charge in [0.15, 0.2) is 0 Å². The zero-order chi connectivity index (χ0) is 14.5. The molecule has 1 aromatic heterocycles. The van der Waals surface area contributed by atoms with Gasteiger partial charge < -0.3 is 4.74 Å². The Morgan fingerprint density at radius 1 is 1.55 bits per heavy atom. The van der Waals surface area contributed by atoms with Gasteiger partial charge >= 0.3 is 5.97 Å². The minimum absolute atomic E-state index is 0.0884. The molecule has 9 heteroatoms. The summed E-state index contributed by atoms with van der Waals surface area (Å²) in [5.74, 6) is -0.529. The zero-order valence-corrected chi connectivity index (χ0v) is 12.0. The average molecular weight is 317 g/mol. The molecular formula is C11H10ClFN4O2S. The van der Waals surface area contributed by atoms with Crippen LogP contribution < -0.4 is 0 Å². The Balaban J connectivity index is 2.04.